The lowest BCUT2D eigenvalue weighted by molar-refractivity contribution is 0.0361. The molecule has 5 heteroatoms. The maximum Gasteiger partial charge on any atom is 0.163 e. The summed E-state index contributed by atoms with van der Waals surface area (Å²) in [6.45, 7) is 6.87. The van der Waals surface area contributed by atoms with Crippen molar-refractivity contribution < 1.29 is 13.5 Å². The van der Waals surface area contributed by atoms with Crippen molar-refractivity contribution in [2.75, 3.05) is 39.4 Å². The molecule has 0 bridgehead atoms. The van der Waals surface area contributed by atoms with E-state index < -0.39 is 11.6 Å². The van der Waals surface area contributed by atoms with Gasteiger partial charge in [0, 0.05) is 31.2 Å². The van der Waals surface area contributed by atoms with Crippen LogP contribution in [0.2, 0.25) is 0 Å². The predicted molar refractivity (Wildman–Crippen MR) is 74.7 cm³/mol. The minimum Gasteiger partial charge on any atom is -0.379 e. The first-order chi connectivity index (χ1) is 9.72. The van der Waals surface area contributed by atoms with Gasteiger partial charge in [-0.25, -0.2) is 8.78 Å². The Morgan fingerprint density at radius 3 is 2.75 bits per heavy atom. The molecule has 0 amide bonds. The van der Waals surface area contributed by atoms with Crippen molar-refractivity contribution in [3.8, 4) is 0 Å². The summed E-state index contributed by atoms with van der Waals surface area (Å²) < 4.78 is 32.5. The SMILES string of the molecule is CCNC(CCN1CCOCC1)c1cccc(F)c1F. The van der Waals surface area contributed by atoms with Crippen LogP contribution in [0.5, 0.6) is 0 Å². The number of hydrogen-bond donors (Lipinski definition) is 1. The van der Waals surface area contributed by atoms with Crippen molar-refractivity contribution >= 4 is 0 Å². The zero-order valence-electron chi connectivity index (χ0n) is 11.9. The summed E-state index contributed by atoms with van der Waals surface area (Å²) in [6.07, 6.45) is 0.758. The molecule has 0 aromatic heterocycles. The fraction of sp³-hybridized carbons (Fsp3) is 0.600. The average molecular weight is 284 g/mol. The van der Waals surface area contributed by atoms with E-state index in [1.165, 1.54) is 0 Å². The van der Waals surface area contributed by atoms with Crippen LogP contribution in [0.4, 0.5) is 8.78 Å². The van der Waals surface area contributed by atoms with Crippen molar-refractivity contribution in [1.29, 1.82) is 0 Å². The van der Waals surface area contributed by atoms with Gasteiger partial charge >= 0.3 is 0 Å². The zero-order chi connectivity index (χ0) is 14.4. The monoisotopic (exact) mass is 284 g/mol. The van der Waals surface area contributed by atoms with E-state index in [2.05, 4.69) is 10.2 Å². The number of nitrogens with zero attached hydrogens (tertiary/aromatic N) is 1. The molecule has 1 aromatic carbocycles. The molecule has 1 fully saturated rings. The molecule has 3 nitrogen and oxygen atoms in total. The number of hydrogen-bond acceptors (Lipinski definition) is 3. The fourth-order valence-corrected chi connectivity index (χ4v) is 2.54. The van der Waals surface area contributed by atoms with Crippen LogP contribution in [0, 0.1) is 11.6 Å². The molecule has 0 radical (unpaired) electrons. The van der Waals surface area contributed by atoms with E-state index >= 15 is 0 Å². The molecule has 1 N–H and O–H groups in total. The third-order valence-corrected chi connectivity index (χ3v) is 3.65. The molecule has 20 heavy (non-hydrogen) atoms. The Balaban J connectivity index is 2.00. The Morgan fingerprint density at radius 1 is 1.30 bits per heavy atom. The lowest BCUT2D eigenvalue weighted by Crippen LogP contribution is -2.38. The first kappa shape index (κ1) is 15.4. The van der Waals surface area contributed by atoms with Gasteiger partial charge in [-0.2, -0.15) is 0 Å². The van der Waals surface area contributed by atoms with Gasteiger partial charge in [0.1, 0.15) is 0 Å². The van der Waals surface area contributed by atoms with Gasteiger partial charge < -0.3 is 10.1 Å². The normalized spacial score (nSPS) is 18.1. The lowest BCUT2D eigenvalue weighted by Gasteiger charge is -2.28. The van der Waals surface area contributed by atoms with Gasteiger partial charge in [-0.1, -0.05) is 19.1 Å². The maximum atomic E-state index is 13.9. The molecule has 0 saturated carbocycles. The van der Waals surface area contributed by atoms with Crippen LogP contribution in [0.1, 0.15) is 24.9 Å². The molecule has 1 atom stereocenters. The minimum atomic E-state index is -0.781. The van der Waals surface area contributed by atoms with Gasteiger partial charge in [-0.15, -0.1) is 0 Å². The Hall–Kier alpha value is -1.04. The summed E-state index contributed by atoms with van der Waals surface area (Å²) in [7, 11) is 0. The predicted octanol–water partition coefficient (Wildman–Crippen LogP) is 2.34. The number of halogens is 2. The molecule has 2 rings (SSSR count). The molecule has 1 heterocycles. The van der Waals surface area contributed by atoms with E-state index in [0.717, 1.165) is 51.9 Å². The second-order valence-corrected chi connectivity index (χ2v) is 5.00. The molecule has 1 saturated heterocycles. The van der Waals surface area contributed by atoms with Crippen LogP contribution in [0.25, 0.3) is 0 Å². The Morgan fingerprint density at radius 2 is 2.05 bits per heavy atom. The summed E-state index contributed by atoms with van der Waals surface area (Å²) in [5.41, 5.74) is 0.417. The molecule has 1 aliphatic rings. The molecule has 1 aromatic rings. The van der Waals surface area contributed by atoms with Crippen molar-refractivity contribution in [2.45, 2.75) is 19.4 Å². The summed E-state index contributed by atoms with van der Waals surface area (Å²) >= 11 is 0. The summed E-state index contributed by atoms with van der Waals surface area (Å²) in [4.78, 5) is 2.30. The van der Waals surface area contributed by atoms with Gasteiger partial charge in [0.15, 0.2) is 11.6 Å². The highest BCUT2D eigenvalue weighted by atomic mass is 19.2. The van der Waals surface area contributed by atoms with E-state index in [9.17, 15) is 8.78 Å². The van der Waals surface area contributed by atoms with Crippen molar-refractivity contribution in [2.24, 2.45) is 0 Å². The Labute approximate surface area is 118 Å². The first-order valence-corrected chi connectivity index (χ1v) is 7.19. The largest absolute Gasteiger partial charge is 0.379 e. The quantitative estimate of drug-likeness (QED) is 0.868. The molecule has 1 aliphatic heterocycles. The van der Waals surface area contributed by atoms with Crippen molar-refractivity contribution in [3.05, 3.63) is 35.4 Å². The van der Waals surface area contributed by atoms with Crippen LogP contribution < -0.4 is 5.32 Å². The van der Waals surface area contributed by atoms with Crippen LogP contribution >= 0.6 is 0 Å². The second kappa shape index (κ2) is 7.67. The lowest BCUT2D eigenvalue weighted by atomic mass is 10.0. The van der Waals surface area contributed by atoms with E-state index in [0.29, 0.717) is 5.56 Å². The fourth-order valence-electron chi connectivity index (χ4n) is 2.54. The highest BCUT2D eigenvalue weighted by molar-refractivity contribution is 5.22. The van der Waals surface area contributed by atoms with Gasteiger partial charge in [0.25, 0.3) is 0 Å². The third-order valence-electron chi connectivity index (χ3n) is 3.65. The van der Waals surface area contributed by atoms with Gasteiger partial charge in [-0.05, 0) is 19.0 Å². The number of rotatable bonds is 6. The molecule has 0 spiro atoms. The molecular weight excluding hydrogens is 262 g/mol. The van der Waals surface area contributed by atoms with Crippen LogP contribution in [-0.2, 0) is 4.74 Å². The number of ether oxygens (including phenoxy) is 1. The minimum absolute atomic E-state index is 0.154. The second-order valence-electron chi connectivity index (χ2n) is 5.00. The molecule has 1 unspecified atom stereocenters. The maximum absolute atomic E-state index is 13.9. The van der Waals surface area contributed by atoms with Crippen LogP contribution in [-0.4, -0.2) is 44.3 Å². The topological polar surface area (TPSA) is 24.5 Å². The Bertz CT molecular complexity index is 422. The number of benzene rings is 1. The van der Waals surface area contributed by atoms with Gasteiger partial charge in [0.05, 0.1) is 13.2 Å². The first-order valence-electron chi connectivity index (χ1n) is 7.19. The third kappa shape index (κ3) is 3.98. The van der Waals surface area contributed by atoms with E-state index in [-0.39, 0.29) is 6.04 Å². The van der Waals surface area contributed by atoms with Gasteiger partial charge in [0.2, 0.25) is 0 Å². The number of morpholine rings is 1. The van der Waals surface area contributed by atoms with Crippen molar-refractivity contribution in [3.63, 3.8) is 0 Å². The average Bonchev–Trinajstić information content (AvgIpc) is 2.48. The van der Waals surface area contributed by atoms with Crippen LogP contribution in [0.15, 0.2) is 18.2 Å². The highest BCUT2D eigenvalue weighted by Crippen LogP contribution is 2.22. The van der Waals surface area contributed by atoms with Crippen LogP contribution in [0.3, 0.4) is 0 Å². The molecular formula is C15H22F2N2O. The summed E-state index contributed by atoms with van der Waals surface area (Å²) in [5, 5.41) is 3.24. The summed E-state index contributed by atoms with van der Waals surface area (Å²) in [5.74, 6) is -1.52. The van der Waals surface area contributed by atoms with E-state index in [1.807, 2.05) is 6.92 Å². The number of nitrogens with one attached hydrogen (secondary N) is 1. The summed E-state index contributed by atoms with van der Waals surface area (Å²) in [6, 6.07) is 4.22. The Kier molecular flexibility index (Phi) is 5.88. The smallest absolute Gasteiger partial charge is 0.163 e. The van der Waals surface area contributed by atoms with Gasteiger partial charge in [-0.3, -0.25) is 4.90 Å². The molecule has 112 valence electrons. The highest BCUT2D eigenvalue weighted by Gasteiger charge is 2.19. The van der Waals surface area contributed by atoms with Crippen molar-refractivity contribution in [1.82, 2.24) is 10.2 Å². The standard InChI is InChI=1S/C15H22F2N2O/c1-2-18-14(6-7-19-8-10-20-11-9-19)12-4-3-5-13(16)15(12)17/h3-5,14,18H,2,6-11H2,1H3. The zero-order valence-corrected chi connectivity index (χ0v) is 11.9. The molecule has 0 aliphatic carbocycles. The van der Waals surface area contributed by atoms with E-state index in [4.69, 9.17) is 4.74 Å². The van der Waals surface area contributed by atoms with E-state index in [1.54, 1.807) is 12.1 Å².